The van der Waals surface area contributed by atoms with Gasteiger partial charge in [0.2, 0.25) is 5.91 Å². The summed E-state index contributed by atoms with van der Waals surface area (Å²) in [7, 11) is 0. The second-order valence-electron chi connectivity index (χ2n) is 9.22. The van der Waals surface area contributed by atoms with Crippen LogP contribution in [-0.4, -0.2) is 47.2 Å². The first-order valence-corrected chi connectivity index (χ1v) is 10.6. The van der Waals surface area contributed by atoms with E-state index in [1.54, 1.807) is 0 Å². The van der Waals surface area contributed by atoms with E-state index in [0.29, 0.717) is 0 Å². The van der Waals surface area contributed by atoms with E-state index < -0.39 is 5.41 Å². The lowest BCUT2D eigenvalue weighted by Gasteiger charge is -2.32. The highest BCUT2D eigenvalue weighted by atomic mass is 16.3. The van der Waals surface area contributed by atoms with Crippen molar-refractivity contribution in [1.82, 2.24) is 10.2 Å². The van der Waals surface area contributed by atoms with E-state index in [-0.39, 0.29) is 24.1 Å². The van der Waals surface area contributed by atoms with E-state index in [9.17, 15) is 9.90 Å². The third kappa shape index (κ3) is 6.15. The summed E-state index contributed by atoms with van der Waals surface area (Å²) >= 11 is 0. The molecule has 0 saturated carbocycles. The van der Waals surface area contributed by atoms with Crippen molar-refractivity contribution in [1.29, 1.82) is 0 Å². The zero-order chi connectivity index (χ0) is 20.9. The van der Waals surface area contributed by atoms with Crippen molar-refractivity contribution < 1.29 is 9.90 Å². The molecule has 1 heterocycles. The SMILES string of the molecule is CC(C)(C)C(=O)N[C@@H](Cc1ccccc1)CN1CC[C@@H](O)[C@H]1Cc1ccccc1. The summed E-state index contributed by atoms with van der Waals surface area (Å²) in [6, 6.07) is 20.7. The zero-order valence-electron chi connectivity index (χ0n) is 17.8. The van der Waals surface area contributed by atoms with Gasteiger partial charge in [-0.2, -0.15) is 0 Å². The molecule has 4 nitrogen and oxygen atoms in total. The van der Waals surface area contributed by atoms with E-state index in [0.717, 1.165) is 32.4 Å². The number of likely N-dealkylation sites (tertiary alicyclic amines) is 1. The van der Waals surface area contributed by atoms with Gasteiger partial charge in [-0.25, -0.2) is 0 Å². The van der Waals surface area contributed by atoms with Crippen molar-refractivity contribution >= 4 is 5.91 Å². The van der Waals surface area contributed by atoms with E-state index in [2.05, 4.69) is 34.5 Å². The van der Waals surface area contributed by atoms with Crippen LogP contribution in [0.5, 0.6) is 0 Å². The van der Waals surface area contributed by atoms with E-state index in [4.69, 9.17) is 0 Å². The Kier molecular flexibility index (Phi) is 7.09. The summed E-state index contributed by atoms with van der Waals surface area (Å²) in [4.78, 5) is 15.1. The quantitative estimate of drug-likeness (QED) is 0.756. The summed E-state index contributed by atoms with van der Waals surface area (Å²) in [5.74, 6) is 0.0674. The minimum Gasteiger partial charge on any atom is -0.391 e. The van der Waals surface area contributed by atoms with Gasteiger partial charge in [-0.15, -0.1) is 0 Å². The minimum absolute atomic E-state index is 0.00713. The van der Waals surface area contributed by atoms with Gasteiger partial charge in [-0.05, 0) is 30.4 Å². The molecule has 1 aliphatic heterocycles. The van der Waals surface area contributed by atoms with Gasteiger partial charge >= 0.3 is 0 Å². The number of carbonyl (C=O) groups excluding carboxylic acids is 1. The third-order valence-corrected chi connectivity index (χ3v) is 5.71. The Labute approximate surface area is 174 Å². The molecule has 0 radical (unpaired) electrons. The number of aliphatic hydroxyl groups is 1. The fourth-order valence-corrected chi connectivity index (χ4v) is 3.99. The van der Waals surface area contributed by atoms with Crippen LogP contribution in [0.25, 0.3) is 0 Å². The molecule has 1 aliphatic rings. The highest BCUT2D eigenvalue weighted by molar-refractivity contribution is 5.81. The molecule has 3 rings (SSSR count). The highest BCUT2D eigenvalue weighted by Gasteiger charge is 2.35. The molecule has 0 bridgehead atoms. The second-order valence-corrected chi connectivity index (χ2v) is 9.22. The third-order valence-electron chi connectivity index (χ3n) is 5.71. The number of carbonyl (C=O) groups is 1. The fourth-order valence-electron chi connectivity index (χ4n) is 3.99. The van der Waals surface area contributed by atoms with Gasteiger partial charge in [0.25, 0.3) is 0 Å². The molecule has 2 N–H and O–H groups in total. The monoisotopic (exact) mass is 394 g/mol. The zero-order valence-corrected chi connectivity index (χ0v) is 17.8. The lowest BCUT2D eigenvalue weighted by Crippen LogP contribution is -2.50. The number of nitrogens with zero attached hydrogens (tertiary/aromatic N) is 1. The lowest BCUT2D eigenvalue weighted by molar-refractivity contribution is -0.129. The number of rotatable bonds is 7. The van der Waals surface area contributed by atoms with Gasteiger partial charge in [0.15, 0.2) is 0 Å². The van der Waals surface area contributed by atoms with Gasteiger partial charge in [-0.1, -0.05) is 81.4 Å². The smallest absolute Gasteiger partial charge is 0.225 e. The molecule has 2 aromatic carbocycles. The molecule has 0 spiro atoms. The number of amides is 1. The van der Waals surface area contributed by atoms with E-state index in [1.165, 1.54) is 11.1 Å². The van der Waals surface area contributed by atoms with Crippen LogP contribution >= 0.6 is 0 Å². The van der Waals surface area contributed by atoms with Crippen LogP contribution in [0.1, 0.15) is 38.3 Å². The van der Waals surface area contributed by atoms with Crippen molar-refractivity contribution in [3.05, 3.63) is 71.8 Å². The predicted molar refractivity (Wildman–Crippen MR) is 118 cm³/mol. The molecule has 0 aliphatic carbocycles. The number of hydrogen-bond donors (Lipinski definition) is 2. The molecule has 4 heteroatoms. The molecular formula is C25H34N2O2. The molecule has 1 amide bonds. The summed E-state index contributed by atoms with van der Waals surface area (Å²) in [5.41, 5.74) is 2.02. The Morgan fingerprint density at radius 1 is 1.07 bits per heavy atom. The topological polar surface area (TPSA) is 52.6 Å². The summed E-state index contributed by atoms with van der Waals surface area (Å²) in [6.45, 7) is 7.43. The number of aliphatic hydroxyl groups excluding tert-OH is 1. The summed E-state index contributed by atoms with van der Waals surface area (Å²) in [5, 5.41) is 13.9. The maximum Gasteiger partial charge on any atom is 0.225 e. The van der Waals surface area contributed by atoms with Gasteiger partial charge in [0, 0.05) is 30.6 Å². The largest absolute Gasteiger partial charge is 0.391 e. The average Bonchev–Trinajstić information content (AvgIpc) is 3.02. The maximum atomic E-state index is 12.7. The van der Waals surface area contributed by atoms with Crippen LogP contribution in [0.2, 0.25) is 0 Å². The van der Waals surface area contributed by atoms with Crippen molar-refractivity contribution in [3.8, 4) is 0 Å². The Hall–Kier alpha value is -2.17. The Morgan fingerprint density at radius 3 is 2.24 bits per heavy atom. The van der Waals surface area contributed by atoms with Crippen molar-refractivity contribution in [2.45, 2.75) is 58.2 Å². The highest BCUT2D eigenvalue weighted by Crippen LogP contribution is 2.23. The van der Waals surface area contributed by atoms with Crippen LogP contribution in [-0.2, 0) is 17.6 Å². The standard InChI is InChI=1S/C25H34N2O2/c1-25(2,3)24(29)26-21(16-19-10-6-4-7-11-19)18-27-15-14-23(28)22(27)17-20-12-8-5-9-13-20/h4-13,21-23,28H,14-18H2,1-3H3,(H,26,29)/t21-,22+,23+/m0/s1. The van der Waals surface area contributed by atoms with E-state index >= 15 is 0 Å². The Bertz CT molecular complexity index is 770. The number of benzene rings is 2. The molecule has 156 valence electrons. The van der Waals surface area contributed by atoms with Crippen LogP contribution in [0.4, 0.5) is 0 Å². The molecule has 1 saturated heterocycles. The van der Waals surface area contributed by atoms with Crippen LogP contribution in [0.3, 0.4) is 0 Å². The Morgan fingerprint density at radius 2 is 1.66 bits per heavy atom. The van der Waals surface area contributed by atoms with Gasteiger partial charge in [-0.3, -0.25) is 9.69 Å². The predicted octanol–water partition coefficient (Wildman–Crippen LogP) is 3.44. The average molecular weight is 395 g/mol. The molecule has 29 heavy (non-hydrogen) atoms. The molecule has 0 aromatic heterocycles. The number of hydrogen-bond acceptors (Lipinski definition) is 3. The molecular weight excluding hydrogens is 360 g/mol. The first-order chi connectivity index (χ1) is 13.8. The van der Waals surface area contributed by atoms with Crippen LogP contribution in [0, 0.1) is 5.41 Å². The van der Waals surface area contributed by atoms with Gasteiger partial charge < -0.3 is 10.4 Å². The normalized spacial score (nSPS) is 21.1. The molecule has 2 aromatic rings. The first-order valence-electron chi connectivity index (χ1n) is 10.6. The fraction of sp³-hybridized carbons (Fsp3) is 0.480. The lowest BCUT2D eigenvalue weighted by atomic mass is 9.94. The minimum atomic E-state index is -0.428. The molecule has 1 fully saturated rings. The van der Waals surface area contributed by atoms with Crippen LogP contribution < -0.4 is 5.32 Å². The van der Waals surface area contributed by atoms with Gasteiger partial charge in [0.1, 0.15) is 0 Å². The van der Waals surface area contributed by atoms with Crippen molar-refractivity contribution in [2.75, 3.05) is 13.1 Å². The van der Waals surface area contributed by atoms with E-state index in [1.807, 2.05) is 57.2 Å². The summed E-state index contributed by atoms with van der Waals surface area (Å²) < 4.78 is 0. The van der Waals surface area contributed by atoms with Crippen LogP contribution in [0.15, 0.2) is 60.7 Å². The Balaban J connectivity index is 1.73. The second kappa shape index (κ2) is 9.55. The molecule has 0 unspecified atom stereocenters. The summed E-state index contributed by atoms with van der Waals surface area (Å²) in [6.07, 6.45) is 2.06. The van der Waals surface area contributed by atoms with Crippen molar-refractivity contribution in [3.63, 3.8) is 0 Å². The maximum absolute atomic E-state index is 12.7. The first kappa shape index (κ1) is 21.5. The molecule has 3 atom stereocenters. The van der Waals surface area contributed by atoms with Gasteiger partial charge in [0.05, 0.1) is 6.10 Å². The number of nitrogens with one attached hydrogen (secondary N) is 1. The van der Waals surface area contributed by atoms with Crippen molar-refractivity contribution in [2.24, 2.45) is 5.41 Å².